The standard InChI is InChI=1S/C16H15ClN2O3S/c1-2-11-18-16(20)12-3-7-14(8-4-12)19-23(21,22)15-9-5-13(17)6-10-15/h2-10,19H,1,11H2,(H,18,20). The highest BCUT2D eigenvalue weighted by molar-refractivity contribution is 7.92. The molecular weight excluding hydrogens is 336 g/mol. The minimum Gasteiger partial charge on any atom is -0.349 e. The van der Waals surface area contributed by atoms with E-state index >= 15 is 0 Å². The van der Waals surface area contributed by atoms with Crippen molar-refractivity contribution in [1.82, 2.24) is 5.32 Å². The summed E-state index contributed by atoms with van der Waals surface area (Å²) < 4.78 is 26.9. The van der Waals surface area contributed by atoms with Gasteiger partial charge in [-0.3, -0.25) is 9.52 Å². The van der Waals surface area contributed by atoms with E-state index in [9.17, 15) is 13.2 Å². The largest absolute Gasteiger partial charge is 0.349 e. The molecule has 0 saturated carbocycles. The topological polar surface area (TPSA) is 75.3 Å². The van der Waals surface area contributed by atoms with Gasteiger partial charge in [-0.15, -0.1) is 6.58 Å². The van der Waals surface area contributed by atoms with E-state index in [0.29, 0.717) is 22.8 Å². The smallest absolute Gasteiger partial charge is 0.261 e. The number of rotatable bonds is 6. The molecule has 5 nitrogen and oxygen atoms in total. The Kier molecular flexibility index (Phi) is 5.41. The Labute approximate surface area is 140 Å². The van der Waals surface area contributed by atoms with Crippen LogP contribution in [0.1, 0.15) is 10.4 Å². The van der Waals surface area contributed by atoms with Gasteiger partial charge in [0.2, 0.25) is 0 Å². The van der Waals surface area contributed by atoms with Crippen molar-refractivity contribution in [3.63, 3.8) is 0 Å². The van der Waals surface area contributed by atoms with E-state index in [1.54, 1.807) is 6.08 Å². The van der Waals surface area contributed by atoms with E-state index in [2.05, 4.69) is 16.6 Å². The Morgan fingerprint density at radius 2 is 1.70 bits per heavy atom. The number of nitrogens with one attached hydrogen (secondary N) is 2. The molecule has 0 spiro atoms. The average Bonchev–Trinajstić information content (AvgIpc) is 2.53. The third kappa shape index (κ3) is 4.58. The first kappa shape index (κ1) is 17.1. The highest BCUT2D eigenvalue weighted by atomic mass is 35.5. The lowest BCUT2D eigenvalue weighted by Gasteiger charge is -2.09. The summed E-state index contributed by atoms with van der Waals surface area (Å²) in [5.41, 5.74) is 0.793. The molecule has 0 fully saturated rings. The van der Waals surface area contributed by atoms with E-state index < -0.39 is 10.0 Å². The summed E-state index contributed by atoms with van der Waals surface area (Å²) >= 11 is 5.75. The first-order valence-corrected chi connectivity index (χ1v) is 8.56. The molecule has 0 heterocycles. The van der Waals surface area contributed by atoms with Crippen molar-refractivity contribution >= 4 is 33.2 Å². The van der Waals surface area contributed by atoms with Crippen LogP contribution in [-0.4, -0.2) is 20.9 Å². The molecule has 0 aliphatic heterocycles. The Morgan fingerprint density at radius 3 is 2.26 bits per heavy atom. The van der Waals surface area contributed by atoms with E-state index in [4.69, 9.17) is 11.6 Å². The van der Waals surface area contributed by atoms with Crippen LogP contribution < -0.4 is 10.0 Å². The van der Waals surface area contributed by atoms with Crippen LogP contribution in [0.3, 0.4) is 0 Å². The number of benzene rings is 2. The summed E-state index contributed by atoms with van der Waals surface area (Å²) in [5, 5.41) is 3.10. The average molecular weight is 351 g/mol. The van der Waals surface area contributed by atoms with Crippen molar-refractivity contribution < 1.29 is 13.2 Å². The minimum atomic E-state index is -3.70. The molecule has 0 aliphatic rings. The van der Waals surface area contributed by atoms with E-state index in [0.717, 1.165) is 0 Å². The number of halogens is 1. The number of hydrogen-bond donors (Lipinski definition) is 2. The van der Waals surface area contributed by atoms with Crippen LogP contribution in [0, 0.1) is 0 Å². The second kappa shape index (κ2) is 7.30. The van der Waals surface area contributed by atoms with E-state index in [-0.39, 0.29) is 10.8 Å². The molecule has 0 radical (unpaired) electrons. The Bertz CT molecular complexity index is 800. The summed E-state index contributed by atoms with van der Waals surface area (Å²) in [6.45, 7) is 3.88. The molecule has 0 aliphatic carbocycles. The molecule has 0 atom stereocenters. The van der Waals surface area contributed by atoms with Gasteiger partial charge in [0.15, 0.2) is 0 Å². The van der Waals surface area contributed by atoms with Gasteiger partial charge in [-0.25, -0.2) is 8.42 Å². The summed E-state index contributed by atoms with van der Waals surface area (Å²) in [6, 6.07) is 12.0. The van der Waals surface area contributed by atoms with Gasteiger partial charge in [-0.2, -0.15) is 0 Å². The number of carbonyl (C=O) groups is 1. The monoisotopic (exact) mass is 350 g/mol. The summed E-state index contributed by atoms with van der Waals surface area (Å²) in [4.78, 5) is 11.8. The van der Waals surface area contributed by atoms with Crippen molar-refractivity contribution in [3.05, 3.63) is 71.8 Å². The molecule has 2 aromatic carbocycles. The van der Waals surface area contributed by atoms with Crippen LogP contribution in [0.5, 0.6) is 0 Å². The predicted octanol–water partition coefficient (Wildman–Crippen LogP) is 3.06. The number of hydrogen-bond acceptors (Lipinski definition) is 3. The lowest BCUT2D eigenvalue weighted by molar-refractivity contribution is 0.0958. The minimum absolute atomic E-state index is 0.106. The van der Waals surface area contributed by atoms with Gasteiger partial charge in [-0.05, 0) is 48.5 Å². The molecule has 0 bridgehead atoms. The van der Waals surface area contributed by atoms with Crippen LogP contribution >= 0.6 is 11.6 Å². The molecule has 2 rings (SSSR count). The Morgan fingerprint density at radius 1 is 1.09 bits per heavy atom. The van der Waals surface area contributed by atoms with Crippen LogP contribution in [0.15, 0.2) is 66.1 Å². The fraction of sp³-hybridized carbons (Fsp3) is 0.0625. The van der Waals surface area contributed by atoms with E-state index in [1.807, 2.05) is 0 Å². The van der Waals surface area contributed by atoms with Gasteiger partial charge < -0.3 is 5.32 Å². The zero-order valence-corrected chi connectivity index (χ0v) is 13.7. The first-order valence-electron chi connectivity index (χ1n) is 6.70. The zero-order chi connectivity index (χ0) is 16.9. The first-order chi connectivity index (χ1) is 10.9. The van der Waals surface area contributed by atoms with Crippen LogP contribution in [0.2, 0.25) is 5.02 Å². The van der Waals surface area contributed by atoms with Gasteiger partial charge in [0, 0.05) is 22.8 Å². The van der Waals surface area contributed by atoms with Crippen LogP contribution in [-0.2, 0) is 10.0 Å². The van der Waals surface area contributed by atoms with Crippen molar-refractivity contribution in [2.45, 2.75) is 4.90 Å². The lowest BCUT2D eigenvalue weighted by Crippen LogP contribution is -2.23. The van der Waals surface area contributed by atoms with Crippen LogP contribution in [0.4, 0.5) is 5.69 Å². The maximum absolute atomic E-state index is 12.2. The quantitative estimate of drug-likeness (QED) is 0.786. The molecule has 120 valence electrons. The number of anilines is 1. The fourth-order valence-corrected chi connectivity index (χ4v) is 2.97. The highest BCUT2D eigenvalue weighted by Crippen LogP contribution is 2.18. The number of carbonyl (C=O) groups excluding carboxylic acids is 1. The van der Waals surface area contributed by atoms with Crippen molar-refractivity contribution in [2.75, 3.05) is 11.3 Å². The third-order valence-corrected chi connectivity index (χ3v) is 4.58. The van der Waals surface area contributed by atoms with Gasteiger partial charge >= 0.3 is 0 Å². The number of sulfonamides is 1. The second-order valence-electron chi connectivity index (χ2n) is 4.64. The molecule has 2 aromatic rings. The van der Waals surface area contributed by atoms with Crippen molar-refractivity contribution in [1.29, 1.82) is 0 Å². The van der Waals surface area contributed by atoms with Crippen molar-refractivity contribution in [3.8, 4) is 0 Å². The van der Waals surface area contributed by atoms with Crippen LogP contribution in [0.25, 0.3) is 0 Å². The molecule has 0 unspecified atom stereocenters. The predicted molar refractivity (Wildman–Crippen MR) is 91.2 cm³/mol. The van der Waals surface area contributed by atoms with Gasteiger partial charge in [0.05, 0.1) is 4.90 Å². The Hall–Kier alpha value is -2.31. The number of amides is 1. The zero-order valence-electron chi connectivity index (χ0n) is 12.1. The molecule has 0 aromatic heterocycles. The maximum Gasteiger partial charge on any atom is 0.261 e. The molecule has 0 saturated heterocycles. The summed E-state index contributed by atoms with van der Waals surface area (Å²) in [7, 11) is -3.70. The normalized spacial score (nSPS) is 10.8. The summed E-state index contributed by atoms with van der Waals surface area (Å²) in [6.07, 6.45) is 1.58. The molecule has 7 heteroatoms. The van der Waals surface area contributed by atoms with Gasteiger partial charge in [-0.1, -0.05) is 17.7 Å². The molecular formula is C16H15ClN2O3S. The van der Waals surface area contributed by atoms with E-state index in [1.165, 1.54) is 48.5 Å². The lowest BCUT2D eigenvalue weighted by atomic mass is 10.2. The Balaban J connectivity index is 2.12. The van der Waals surface area contributed by atoms with Crippen molar-refractivity contribution in [2.24, 2.45) is 0 Å². The molecule has 23 heavy (non-hydrogen) atoms. The maximum atomic E-state index is 12.2. The van der Waals surface area contributed by atoms with Gasteiger partial charge in [0.25, 0.3) is 15.9 Å². The SMILES string of the molecule is C=CCNC(=O)c1ccc(NS(=O)(=O)c2ccc(Cl)cc2)cc1. The summed E-state index contributed by atoms with van der Waals surface area (Å²) in [5.74, 6) is -0.253. The third-order valence-electron chi connectivity index (χ3n) is 2.93. The highest BCUT2D eigenvalue weighted by Gasteiger charge is 2.14. The fourth-order valence-electron chi connectivity index (χ4n) is 1.78. The molecule has 2 N–H and O–H groups in total. The van der Waals surface area contributed by atoms with Gasteiger partial charge in [0.1, 0.15) is 0 Å². The second-order valence-corrected chi connectivity index (χ2v) is 6.75. The molecule has 1 amide bonds.